The highest BCUT2D eigenvalue weighted by Gasteiger charge is 2.48. The number of benzene rings is 4. The molecule has 0 unspecified atom stereocenters. The summed E-state index contributed by atoms with van der Waals surface area (Å²) >= 11 is 0. The van der Waals surface area contributed by atoms with Crippen molar-refractivity contribution in [2.75, 3.05) is 0 Å². The summed E-state index contributed by atoms with van der Waals surface area (Å²) in [5.74, 6) is -2.71. The first-order valence-electron chi connectivity index (χ1n) is 14.4. The van der Waals surface area contributed by atoms with Crippen LogP contribution in [0.4, 0.5) is 17.6 Å². The molecule has 0 amide bonds. The van der Waals surface area contributed by atoms with Crippen molar-refractivity contribution in [3.63, 3.8) is 0 Å². The molecule has 41 heavy (non-hydrogen) atoms. The van der Waals surface area contributed by atoms with E-state index in [-0.39, 0.29) is 28.0 Å². The van der Waals surface area contributed by atoms with Crippen LogP contribution in [0.25, 0.3) is 0 Å². The molecule has 1 heterocycles. The van der Waals surface area contributed by atoms with Crippen molar-refractivity contribution in [3.8, 4) is 0 Å². The Hall–Kier alpha value is -2.58. The standard InChI is InChI=1S/C32H29F4NP2.C2H6/c33-24-14-16-31(27(35)20-24)39(32-17-15-25(34)21-28(32)36)37(26-12-7-13-26)38-29(22-8-3-1-4-9-22)18-19-30(38)23-10-5-2-6-11-23;1-2/h1-6,8-11,14-17,20-21,26,29-30H,7,12-13,18-19H2;1-2H3/t29-,30-;/m1./s1. The SMILES string of the molecule is CC.Fc1ccc(P(c2ccc(F)cc2F)N(C2CCC2)P2[C@@H](c3ccccc3)CC[C@@H]2c2ccccc2)c(F)c1. The van der Waals surface area contributed by atoms with Crippen molar-refractivity contribution >= 4 is 26.8 Å². The van der Waals surface area contributed by atoms with E-state index in [1.165, 1.54) is 35.4 Å². The molecule has 4 aromatic carbocycles. The van der Waals surface area contributed by atoms with Gasteiger partial charge in [0.2, 0.25) is 0 Å². The smallest absolute Gasteiger partial charge is 0.135 e. The van der Waals surface area contributed by atoms with E-state index in [1.807, 2.05) is 26.0 Å². The average molecular weight is 596 g/mol. The van der Waals surface area contributed by atoms with Crippen molar-refractivity contribution in [1.29, 1.82) is 0 Å². The first-order chi connectivity index (χ1) is 20.0. The molecule has 4 aromatic rings. The molecular weight excluding hydrogens is 560 g/mol. The van der Waals surface area contributed by atoms with Crippen molar-refractivity contribution < 1.29 is 17.6 Å². The summed E-state index contributed by atoms with van der Waals surface area (Å²) in [6, 6.07) is 28.2. The van der Waals surface area contributed by atoms with Gasteiger partial charge in [-0.2, -0.15) is 0 Å². The van der Waals surface area contributed by atoms with Gasteiger partial charge in [-0.15, -0.1) is 0 Å². The van der Waals surface area contributed by atoms with Crippen LogP contribution < -0.4 is 10.6 Å². The lowest BCUT2D eigenvalue weighted by Gasteiger charge is -2.49. The number of halogens is 4. The molecule has 0 N–H and O–H groups in total. The lowest BCUT2D eigenvalue weighted by molar-refractivity contribution is 0.314. The summed E-state index contributed by atoms with van der Waals surface area (Å²) in [4.78, 5) is 0. The van der Waals surface area contributed by atoms with Crippen LogP contribution in [-0.2, 0) is 0 Å². The van der Waals surface area contributed by atoms with Gasteiger partial charge in [-0.05, 0) is 69.1 Å². The third kappa shape index (κ3) is 6.29. The minimum Gasteiger partial charge on any atom is -0.248 e. The molecule has 1 aliphatic heterocycles. The van der Waals surface area contributed by atoms with Gasteiger partial charge in [-0.25, -0.2) is 22.0 Å². The maximum atomic E-state index is 15.6. The summed E-state index contributed by atoms with van der Waals surface area (Å²) in [6.07, 6.45) is 4.87. The second kappa shape index (κ2) is 13.6. The zero-order chi connectivity index (χ0) is 28.9. The van der Waals surface area contributed by atoms with Crippen molar-refractivity contribution in [1.82, 2.24) is 4.44 Å². The highest BCUT2D eigenvalue weighted by atomic mass is 31.2. The van der Waals surface area contributed by atoms with E-state index in [0.717, 1.165) is 44.2 Å². The predicted molar refractivity (Wildman–Crippen MR) is 164 cm³/mol. The molecule has 2 aliphatic rings. The molecule has 2 fully saturated rings. The molecular formula is C34H35F4NP2. The van der Waals surface area contributed by atoms with Crippen molar-refractivity contribution in [2.45, 2.75) is 63.3 Å². The molecule has 2 atom stereocenters. The fourth-order valence-corrected chi connectivity index (χ4v) is 13.6. The van der Waals surface area contributed by atoms with Gasteiger partial charge < -0.3 is 0 Å². The number of rotatable bonds is 7. The molecule has 0 spiro atoms. The quantitative estimate of drug-likeness (QED) is 0.152. The van der Waals surface area contributed by atoms with E-state index in [4.69, 9.17) is 0 Å². The van der Waals surface area contributed by atoms with Gasteiger partial charge in [0.25, 0.3) is 0 Å². The Bertz CT molecular complexity index is 1330. The topological polar surface area (TPSA) is 3.24 Å². The lowest BCUT2D eigenvalue weighted by atomic mass is 9.94. The Balaban J connectivity index is 0.00000165. The average Bonchev–Trinajstić information content (AvgIpc) is 3.40. The fourth-order valence-electron chi connectivity index (χ4n) is 5.80. The van der Waals surface area contributed by atoms with Crippen LogP contribution in [0.3, 0.4) is 0 Å². The van der Waals surface area contributed by atoms with Crippen LogP contribution in [-0.4, -0.2) is 10.5 Å². The Morgan fingerprint density at radius 3 is 1.41 bits per heavy atom. The Morgan fingerprint density at radius 2 is 1.05 bits per heavy atom. The first-order valence-corrected chi connectivity index (χ1v) is 17.1. The predicted octanol–water partition coefficient (Wildman–Crippen LogP) is 10.1. The van der Waals surface area contributed by atoms with Crippen LogP contribution in [0.15, 0.2) is 97.1 Å². The Morgan fingerprint density at radius 1 is 0.610 bits per heavy atom. The van der Waals surface area contributed by atoms with Gasteiger partial charge in [0, 0.05) is 48.2 Å². The number of nitrogens with zero attached hydrogens (tertiary/aromatic N) is 1. The molecule has 214 valence electrons. The molecule has 1 saturated carbocycles. The summed E-state index contributed by atoms with van der Waals surface area (Å²) in [7, 11) is -2.71. The third-order valence-electron chi connectivity index (χ3n) is 7.84. The highest BCUT2D eigenvalue weighted by molar-refractivity contribution is 7.79. The summed E-state index contributed by atoms with van der Waals surface area (Å²) in [6.45, 7) is 4.00. The second-order valence-corrected chi connectivity index (χ2v) is 15.0. The maximum absolute atomic E-state index is 15.6. The van der Waals surface area contributed by atoms with Gasteiger partial charge in [0.15, 0.2) is 0 Å². The van der Waals surface area contributed by atoms with Gasteiger partial charge in [-0.3, -0.25) is 0 Å². The molecule has 0 radical (unpaired) electrons. The minimum absolute atomic E-state index is 0.145. The zero-order valence-corrected chi connectivity index (χ0v) is 25.1. The lowest BCUT2D eigenvalue weighted by Crippen LogP contribution is -2.40. The highest BCUT2D eigenvalue weighted by Crippen LogP contribution is 2.77. The molecule has 1 aliphatic carbocycles. The minimum atomic E-state index is -1.74. The van der Waals surface area contributed by atoms with E-state index < -0.39 is 39.4 Å². The molecule has 6 rings (SSSR count). The Labute approximate surface area is 243 Å². The van der Waals surface area contributed by atoms with E-state index in [9.17, 15) is 8.78 Å². The van der Waals surface area contributed by atoms with Gasteiger partial charge >= 0.3 is 0 Å². The fraction of sp³-hybridized carbons (Fsp3) is 0.294. The van der Waals surface area contributed by atoms with Gasteiger partial charge in [-0.1, -0.05) is 80.9 Å². The molecule has 7 heteroatoms. The summed E-state index contributed by atoms with van der Waals surface area (Å²) in [5, 5.41) is 0.577. The monoisotopic (exact) mass is 595 g/mol. The van der Waals surface area contributed by atoms with Crippen molar-refractivity contribution in [2.24, 2.45) is 0 Å². The largest absolute Gasteiger partial charge is 0.248 e. The zero-order valence-electron chi connectivity index (χ0n) is 23.4. The maximum Gasteiger partial charge on any atom is 0.135 e. The summed E-state index contributed by atoms with van der Waals surface area (Å²) < 4.78 is 61.9. The van der Waals surface area contributed by atoms with Crippen molar-refractivity contribution in [3.05, 3.63) is 131 Å². The number of hydrogen-bond donors (Lipinski definition) is 0. The van der Waals surface area contributed by atoms with Gasteiger partial charge in [0.1, 0.15) is 23.3 Å². The second-order valence-electron chi connectivity index (χ2n) is 10.2. The summed E-state index contributed by atoms with van der Waals surface area (Å²) in [5.41, 5.74) is 2.90. The van der Waals surface area contributed by atoms with Crippen LogP contribution >= 0.6 is 16.1 Å². The van der Waals surface area contributed by atoms with E-state index >= 15 is 8.78 Å². The first kappa shape index (κ1) is 29.9. The van der Waals surface area contributed by atoms with E-state index in [0.29, 0.717) is 0 Å². The molecule has 0 bridgehead atoms. The van der Waals surface area contributed by atoms with Crippen LogP contribution in [0, 0.1) is 23.3 Å². The third-order valence-corrected chi connectivity index (χ3v) is 14.6. The van der Waals surface area contributed by atoms with Gasteiger partial charge in [0.05, 0.1) is 0 Å². The molecule has 1 nitrogen and oxygen atoms in total. The normalized spacial score (nSPS) is 19.2. The van der Waals surface area contributed by atoms with Crippen LogP contribution in [0.2, 0.25) is 0 Å². The van der Waals surface area contributed by atoms with Crippen LogP contribution in [0.5, 0.6) is 0 Å². The van der Waals surface area contributed by atoms with E-state index in [1.54, 1.807) is 0 Å². The van der Waals surface area contributed by atoms with Crippen LogP contribution in [0.1, 0.15) is 68.4 Å². The molecule has 1 saturated heterocycles. The Kier molecular flexibility index (Phi) is 9.91. The number of hydrogen-bond acceptors (Lipinski definition) is 1. The molecule has 0 aromatic heterocycles. The van der Waals surface area contributed by atoms with E-state index in [2.05, 4.69) is 53.0 Å².